The van der Waals surface area contributed by atoms with Crippen molar-refractivity contribution in [2.45, 2.75) is 71.8 Å². The molecule has 0 radical (unpaired) electrons. The van der Waals surface area contributed by atoms with E-state index in [1.165, 1.54) is 0 Å². The van der Waals surface area contributed by atoms with E-state index in [0.29, 0.717) is 19.3 Å². The van der Waals surface area contributed by atoms with Gasteiger partial charge in [-0.05, 0) is 75.3 Å². The summed E-state index contributed by atoms with van der Waals surface area (Å²) in [5.74, 6) is -3.21. The van der Waals surface area contributed by atoms with Gasteiger partial charge >= 0.3 is 17.9 Å². The molecule has 0 saturated heterocycles. The lowest BCUT2D eigenvalue weighted by molar-refractivity contribution is -0.161. The van der Waals surface area contributed by atoms with Gasteiger partial charge in [0.25, 0.3) is 0 Å². The molecule has 0 fully saturated rings. The fourth-order valence-electron chi connectivity index (χ4n) is 3.86. The van der Waals surface area contributed by atoms with Crippen molar-refractivity contribution >= 4 is 17.9 Å². The van der Waals surface area contributed by atoms with Crippen LogP contribution in [0.15, 0.2) is 48.5 Å². The number of hydrogen-bond donors (Lipinski definition) is 2. The van der Waals surface area contributed by atoms with Crippen LogP contribution < -0.4 is 0 Å². The van der Waals surface area contributed by atoms with E-state index in [1.54, 1.807) is 24.3 Å². The molecule has 0 aliphatic heterocycles. The molecule has 2 atom stereocenters. The van der Waals surface area contributed by atoms with Crippen molar-refractivity contribution in [3.8, 4) is 11.1 Å². The predicted octanol–water partition coefficient (Wildman–Crippen LogP) is 6.22. The van der Waals surface area contributed by atoms with Crippen LogP contribution in [0.2, 0.25) is 0 Å². The highest BCUT2D eigenvalue weighted by Gasteiger charge is 2.30. The summed E-state index contributed by atoms with van der Waals surface area (Å²) in [5, 5.41) is 18.8. The maximum atomic E-state index is 12.7. The molecule has 2 rings (SSSR count). The standard InChI is InChI=1S/C28H36O6/c1-5-6-7-24(27(33)34-28(2,3)4)18-23(26(31)32)13-10-19-8-11-20(12-9-19)21-14-16-22(17-15-21)25(29)30/h8-9,11-12,14-17,23-24H,5-7,10,13,18H2,1-4H3,(H,29,30)(H,31,32)/t23-,24+/m1/s1. The number of ether oxygens (including phenoxy) is 1. The number of carboxylic acid groups (broad SMARTS) is 2. The van der Waals surface area contributed by atoms with E-state index >= 15 is 0 Å². The van der Waals surface area contributed by atoms with Crippen LogP contribution in [0.5, 0.6) is 0 Å². The zero-order valence-corrected chi connectivity index (χ0v) is 20.5. The van der Waals surface area contributed by atoms with Gasteiger partial charge in [0, 0.05) is 0 Å². The smallest absolute Gasteiger partial charge is 0.335 e. The van der Waals surface area contributed by atoms with Gasteiger partial charge in [-0.25, -0.2) is 4.79 Å². The molecule has 6 nitrogen and oxygen atoms in total. The first-order valence-corrected chi connectivity index (χ1v) is 11.9. The van der Waals surface area contributed by atoms with E-state index in [1.807, 2.05) is 52.0 Å². The summed E-state index contributed by atoms with van der Waals surface area (Å²) < 4.78 is 5.55. The number of aryl methyl sites for hydroxylation is 1. The Morgan fingerprint density at radius 3 is 1.88 bits per heavy atom. The lowest BCUT2D eigenvalue weighted by atomic mass is 9.86. The molecular weight excluding hydrogens is 432 g/mol. The molecule has 0 unspecified atom stereocenters. The third-order valence-electron chi connectivity index (χ3n) is 5.77. The van der Waals surface area contributed by atoms with Crippen molar-refractivity contribution in [2.24, 2.45) is 11.8 Å². The molecule has 0 spiro atoms. The first-order valence-electron chi connectivity index (χ1n) is 11.9. The van der Waals surface area contributed by atoms with Crippen molar-refractivity contribution < 1.29 is 29.3 Å². The van der Waals surface area contributed by atoms with Crippen LogP contribution in [0.1, 0.15) is 75.7 Å². The Labute approximate surface area is 202 Å². The number of aromatic carboxylic acids is 1. The van der Waals surface area contributed by atoms with Gasteiger partial charge in [-0.1, -0.05) is 56.2 Å². The van der Waals surface area contributed by atoms with Gasteiger partial charge < -0.3 is 14.9 Å². The van der Waals surface area contributed by atoms with Crippen molar-refractivity contribution in [2.75, 3.05) is 0 Å². The average molecular weight is 469 g/mol. The van der Waals surface area contributed by atoms with E-state index < -0.39 is 29.4 Å². The van der Waals surface area contributed by atoms with Crippen LogP contribution in [0.4, 0.5) is 0 Å². The maximum Gasteiger partial charge on any atom is 0.335 e. The van der Waals surface area contributed by atoms with Gasteiger partial charge in [0.1, 0.15) is 5.60 Å². The molecular formula is C28H36O6. The molecule has 0 amide bonds. The van der Waals surface area contributed by atoms with Crippen molar-refractivity contribution in [3.05, 3.63) is 59.7 Å². The molecule has 0 aliphatic carbocycles. The topological polar surface area (TPSA) is 101 Å². The quantitative estimate of drug-likeness (QED) is 0.358. The number of hydrogen-bond acceptors (Lipinski definition) is 4. The molecule has 0 saturated carbocycles. The normalized spacial score (nSPS) is 13.2. The third-order valence-corrected chi connectivity index (χ3v) is 5.77. The van der Waals surface area contributed by atoms with Crippen LogP contribution in [-0.4, -0.2) is 33.7 Å². The fraction of sp³-hybridized carbons (Fsp3) is 0.464. The zero-order valence-electron chi connectivity index (χ0n) is 20.5. The highest BCUT2D eigenvalue weighted by molar-refractivity contribution is 5.88. The van der Waals surface area contributed by atoms with E-state index in [2.05, 4.69) is 0 Å². The summed E-state index contributed by atoms with van der Waals surface area (Å²) in [4.78, 5) is 35.7. The molecule has 0 heterocycles. The van der Waals surface area contributed by atoms with Crippen LogP contribution >= 0.6 is 0 Å². The van der Waals surface area contributed by atoms with Gasteiger partial charge in [0.2, 0.25) is 0 Å². The summed E-state index contributed by atoms with van der Waals surface area (Å²) in [7, 11) is 0. The van der Waals surface area contributed by atoms with Crippen LogP contribution in [0.3, 0.4) is 0 Å². The number of rotatable bonds is 12. The number of carbonyl (C=O) groups is 3. The SMILES string of the molecule is CCCC[C@@H](C[C@@H](CCc1ccc(-c2ccc(C(=O)O)cc2)cc1)C(=O)O)C(=O)OC(C)(C)C. The molecule has 184 valence electrons. The van der Waals surface area contributed by atoms with Gasteiger partial charge in [-0.15, -0.1) is 0 Å². The minimum Gasteiger partial charge on any atom is -0.481 e. The van der Waals surface area contributed by atoms with Gasteiger partial charge in [0.15, 0.2) is 0 Å². The molecule has 0 bridgehead atoms. The van der Waals surface area contributed by atoms with E-state index in [4.69, 9.17) is 9.84 Å². The van der Waals surface area contributed by atoms with Gasteiger partial charge in [-0.3, -0.25) is 9.59 Å². The first kappa shape index (κ1) is 27.1. The lowest BCUT2D eigenvalue weighted by Gasteiger charge is -2.25. The Hall–Kier alpha value is -3.15. The highest BCUT2D eigenvalue weighted by Crippen LogP contribution is 2.27. The molecule has 2 N–H and O–H groups in total. The fourth-order valence-corrected chi connectivity index (χ4v) is 3.86. The number of aliphatic carboxylic acids is 1. The van der Waals surface area contributed by atoms with Crippen molar-refractivity contribution in [3.63, 3.8) is 0 Å². The molecule has 0 aliphatic rings. The lowest BCUT2D eigenvalue weighted by Crippen LogP contribution is -2.31. The molecule has 0 aromatic heterocycles. The average Bonchev–Trinajstić information content (AvgIpc) is 2.77. The molecule has 2 aromatic rings. The van der Waals surface area contributed by atoms with Crippen LogP contribution in [0, 0.1) is 11.8 Å². The van der Waals surface area contributed by atoms with Crippen LogP contribution in [0.25, 0.3) is 11.1 Å². The summed E-state index contributed by atoms with van der Waals surface area (Å²) in [6.07, 6.45) is 3.72. The Morgan fingerprint density at radius 2 is 1.41 bits per heavy atom. The zero-order chi connectivity index (χ0) is 25.3. The largest absolute Gasteiger partial charge is 0.481 e. The van der Waals surface area contributed by atoms with Crippen molar-refractivity contribution in [1.29, 1.82) is 0 Å². The van der Waals surface area contributed by atoms with E-state index in [9.17, 15) is 19.5 Å². The summed E-state index contributed by atoms with van der Waals surface area (Å²) in [6, 6.07) is 14.5. The second kappa shape index (κ2) is 12.4. The minimum atomic E-state index is -0.960. The second-order valence-corrected chi connectivity index (χ2v) is 9.76. The number of benzene rings is 2. The summed E-state index contributed by atoms with van der Waals surface area (Å²) in [6.45, 7) is 7.51. The number of carbonyl (C=O) groups excluding carboxylic acids is 1. The second-order valence-electron chi connectivity index (χ2n) is 9.76. The number of esters is 1. The Morgan fingerprint density at radius 1 is 0.853 bits per heavy atom. The summed E-state index contributed by atoms with van der Waals surface area (Å²) >= 11 is 0. The first-order chi connectivity index (χ1) is 16.0. The van der Waals surface area contributed by atoms with E-state index in [0.717, 1.165) is 29.5 Å². The van der Waals surface area contributed by atoms with Gasteiger partial charge in [-0.2, -0.15) is 0 Å². The maximum absolute atomic E-state index is 12.7. The molecule has 6 heteroatoms. The Balaban J connectivity index is 2.04. The van der Waals surface area contributed by atoms with Crippen LogP contribution in [-0.2, 0) is 20.7 Å². The number of carboxylic acids is 2. The highest BCUT2D eigenvalue weighted by atomic mass is 16.6. The Kier molecular flexibility index (Phi) is 9.84. The Bertz CT molecular complexity index is 954. The molecule has 2 aromatic carbocycles. The number of unbranched alkanes of at least 4 members (excludes halogenated alkanes) is 1. The third kappa shape index (κ3) is 8.65. The summed E-state index contributed by atoms with van der Waals surface area (Å²) in [5.41, 5.74) is 2.52. The monoisotopic (exact) mass is 468 g/mol. The molecule has 34 heavy (non-hydrogen) atoms. The van der Waals surface area contributed by atoms with Gasteiger partial charge in [0.05, 0.1) is 17.4 Å². The minimum absolute atomic E-state index is 0.240. The predicted molar refractivity (Wildman–Crippen MR) is 132 cm³/mol. The van der Waals surface area contributed by atoms with Crippen molar-refractivity contribution in [1.82, 2.24) is 0 Å². The van der Waals surface area contributed by atoms with E-state index in [-0.39, 0.29) is 18.0 Å².